The van der Waals surface area contributed by atoms with Crippen LogP contribution in [-0.2, 0) is 4.74 Å². The monoisotopic (exact) mass is 437 g/mol. The van der Waals surface area contributed by atoms with Crippen LogP contribution in [-0.4, -0.2) is 18.2 Å². The molecule has 0 fully saturated rings. The van der Waals surface area contributed by atoms with Gasteiger partial charge >= 0.3 is 6.09 Å². The van der Waals surface area contributed by atoms with Crippen molar-refractivity contribution >= 4 is 6.09 Å². The Hall–Kier alpha value is -0.990. The molecule has 1 amide bonds. The molecule has 0 bridgehead atoms. The van der Waals surface area contributed by atoms with Gasteiger partial charge < -0.3 is 10.1 Å². The molecule has 0 aliphatic carbocycles. The Morgan fingerprint density at radius 3 is 1.81 bits per heavy atom. The maximum Gasteiger partial charge on any atom is 0.407 e. The number of rotatable bonds is 20. The fraction of sp³-hybridized carbons (Fsp3) is 0.893. The summed E-state index contributed by atoms with van der Waals surface area (Å²) in [6, 6.07) is 0. The Balaban J connectivity index is 4.46. The number of carbonyl (C=O) groups is 1. The lowest BCUT2D eigenvalue weighted by atomic mass is 9.77. The standard InChI is InChI=1S/C28H55NO2/c1-7-11-15-16-17-21-27(5,20-12-8-2)22-18-19-25-31-26(30)29-28(6,23-13-9-3)24-14-10-4/h18-19H,7-17,20-25H2,1-6H3,(H,29,30)/b19-18+. The van der Waals surface area contributed by atoms with Gasteiger partial charge in [0.05, 0.1) is 0 Å². The van der Waals surface area contributed by atoms with Gasteiger partial charge in [0.25, 0.3) is 0 Å². The van der Waals surface area contributed by atoms with Crippen LogP contribution >= 0.6 is 0 Å². The van der Waals surface area contributed by atoms with E-state index in [1.165, 1.54) is 57.8 Å². The van der Waals surface area contributed by atoms with Gasteiger partial charge in [0.2, 0.25) is 0 Å². The number of hydrogen-bond donors (Lipinski definition) is 1. The van der Waals surface area contributed by atoms with Gasteiger partial charge in [-0.1, -0.05) is 117 Å². The minimum atomic E-state index is -0.274. The molecule has 1 atom stereocenters. The Kier molecular flexibility index (Phi) is 18.0. The fourth-order valence-electron chi connectivity index (χ4n) is 4.31. The van der Waals surface area contributed by atoms with Crippen LogP contribution in [0.5, 0.6) is 0 Å². The molecule has 0 aliphatic heterocycles. The van der Waals surface area contributed by atoms with Crippen molar-refractivity contribution in [3.05, 3.63) is 12.2 Å². The number of carbonyl (C=O) groups excluding carboxylic acids is 1. The second-order valence-electron chi connectivity index (χ2n) is 10.2. The molecule has 0 rings (SSSR count). The van der Waals surface area contributed by atoms with Crippen LogP contribution in [0.15, 0.2) is 12.2 Å². The molecule has 1 unspecified atom stereocenters. The average Bonchev–Trinajstić information content (AvgIpc) is 2.74. The number of allylic oxidation sites excluding steroid dienone is 1. The Labute approximate surface area is 195 Å². The van der Waals surface area contributed by atoms with E-state index < -0.39 is 0 Å². The molecule has 0 spiro atoms. The summed E-state index contributed by atoms with van der Waals surface area (Å²) in [6.45, 7) is 13.9. The molecule has 0 aromatic rings. The van der Waals surface area contributed by atoms with Gasteiger partial charge in [-0.25, -0.2) is 4.79 Å². The highest BCUT2D eigenvalue weighted by Gasteiger charge is 2.26. The molecule has 184 valence electrons. The topological polar surface area (TPSA) is 38.3 Å². The molecule has 0 radical (unpaired) electrons. The van der Waals surface area contributed by atoms with E-state index in [4.69, 9.17) is 4.74 Å². The number of alkyl carbamates (subject to hydrolysis) is 1. The summed E-state index contributed by atoms with van der Waals surface area (Å²) in [5.74, 6) is 0. The zero-order chi connectivity index (χ0) is 23.4. The normalized spacial score (nSPS) is 14.0. The third kappa shape index (κ3) is 16.3. The average molecular weight is 438 g/mol. The van der Waals surface area contributed by atoms with Crippen molar-refractivity contribution in [1.29, 1.82) is 0 Å². The summed E-state index contributed by atoms with van der Waals surface area (Å²) in [7, 11) is 0. The van der Waals surface area contributed by atoms with Crippen molar-refractivity contribution in [2.24, 2.45) is 5.41 Å². The van der Waals surface area contributed by atoms with Crippen LogP contribution in [0, 0.1) is 5.41 Å². The van der Waals surface area contributed by atoms with Gasteiger partial charge in [-0.05, 0) is 44.4 Å². The van der Waals surface area contributed by atoms with Gasteiger partial charge in [0, 0.05) is 5.54 Å². The van der Waals surface area contributed by atoms with E-state index in [2.05, 4.69) is 52.9 Å². The van der Waals surface area contributed by atoms with Gasteiger partial charge in [-0.2, -0.15) is 0 Å². The Bertz CT molecular complexity index is 452. The van der Waals surface area contributed by atoms with Crippen LogP contribution in [0.2, 0.25) is 0 Å². The number of unbranched alkanes of at least 4 members (excludes halogenated alkanes) is 7. The SMILES string of the molecule is CCCCCCCC(C)(C/C=C/COC(=O)NC(C)(CCCC)CCCC)CCCC. The molecule has 1 N–H and O–H groups in total. The van der Waals surface area contributed by atoms with E-state index in [9.17, 15) is 4.79 Å². The van der Waals surface area contributed by atoms with Crippen molar-refractivity contribution < 1.29 is 9.53 Å². The second kappa shape index (κ2) is 18.6. The lowest BCUT2D eigenvalue weighted by Gasteiger charge is -2.30. The molecule has 0 aliphatic rings. The first kappa shape index (κ1) is 30.0. The molecule has 0 heterocycles. The van der Waals surface area contributed by atoms with Crippen molar-refractivity contribution in [3.63, 3.8) is 0 Å². The van der Waals surface area contributed by atoms with Crippen LogP contribution in [0.1, 0.15) is 144 Å². The van der Waals surface area contributed by atoms with Crippen LogP contribution in [0.4, 0.5) is 4.79 Å². The largest absolute Gasteiger partial charge is 0.445 e. The van der Waals surface area contributed by atoms with Crippen molar-refractivity contribution in [3.8, 4) is 0 Å². The smallest absolute Gasteiger partial charge is 0.407 e. The summed E-state index contributed by atoms with van der Waals surface area (Å²) in [5.41, 5.74) is 0.225. The lowest BCUT2D eigenvalue weighted by Crippen LogP contribution is -2.46. The summed E-state index contributed by atoms with van der Waals surface area (Å²) >= 11 is 0. The van der Waals surface area contributed by atoms with Crippen LogP contribution in [0.25, 0.3) is 0 Å². The predicted octanol–water partition coefficient (Wildman–Crippen LogP) is 9.36. The van der Waals surface area contributed by atoms with Crippen LogP contribution in [0.3, 0.4) is 0 Å². The van der Waals surface area contributed by atoms with E-state index in [0.29, 0.717) is 12.0 Å². The van der Waals surface area contributed by atoms with Gasteiger partial charge in [0.15, 0.2) is 0 Å². The highest BCUT2D eigenvalue weighted by molar-refractivity contribution is 5.68. The first-order chi connectivity index (χ1) is 14.8. The number of nitrogens with one attached hydrogen (secondary N) is 1. The maximum atomic E-state index is 12.3. The van der Waals surface area contributed by atoms with E-state index in [1.807, 2.05) is 6.08 Å². The fourth-order valence-corrected chi connectivity index (χ4v) is 4.31. The third-order valence-corrected chi connectivity index (χ3v) is 6.67. The van der Waals surface area contributed by atoms with E-state index in [0.717, 1.165) is 44.9 Å². The predicted molar refractivity (Wildman–Crippen MR) is 137 cm³/mol. The lowest BCUT2D eigenvalue weighted by molar-refractivity contribution is 0.140. The molecular weight excluding hydrogens is 382 g/mol. The summed E-state index contributed by atoms with van der Waals surface area (Å²) in [5, 5.41) is 3.15. The van der Waals surface area contributed by atoms with Crippen molar-refractivity contribution in [1.82, 2.24) is 5.32 Å². The first-order valence-corrected chi connectivity index (χ1v) is 13.4. The maximum absolute atomic E-state index is 12.3. The highest BCUT2D eigenvalue weighted by Crippen LogP contribution is 2.35. The number of ether oxygens (including phenoxy) is 1. The zero-order valence-corrected chi connectivity index (χ0v) is 22.0. The first-order valence-electron chi connectivity index (χ1n) is 13.4. The van der Waals surface area contributed by atoms with E-state index in [-0.39, 0.29) is 11.6 Å². The van der Waals surface area contributed by atoms with Crippen LogP contribution < -0.4 is 5.32 Å². The third-order valence-electron chi connectivity index (χ3n) is 6.67. The molecule has 31 heavy (non-hydrogen) atoms. The van der Waals surface area contributed by atoms with Gasteiger partial charge in [-0.15, -0.1) is 0 Å². The van der Waals surface area contributed by atoms with E-state index in [1.54, 1.807) is 0 Å². The Morgan fingerprint density at radius 2 is 1.23 bits per heavy atom. The minimum Gasteiger partial charge on any atom is -0.445 e. The summed E-state index contributed by atoms with van der Waals surface area (Å²) in [6.07, 6.45) is 23.6. The van der Waals surface area contributed by atoms with Gasteiger partial charge in [-0.3, -0.25) is 0 Å². The van der Waals surface area contributed by atoms with Crippen molar-refractivity contribution in [2.75, 3.05) is 6.61 Å². The quantitative estimate of drug-likeness (QED) is 0.152. The molecule has 3 heteroatoms. The molecule has 0 aromatic heterocycles. The van der Waals surface area contributed by atoms with Gasteiger partial charge in [0.1, 0.15) is 6.61 Å². The van der Waals surface area contributed by atoms with Crippen molar-refractivity contribution in [2.45, 2.75) is 150 Å². The van der Waals surface area contributed by atoms with E-state index >= 15 is 0 Å². The minimum absolute atomic E-state index is 0.149. The highest BCUT2D eigenvalue weighted by atomic mass is 16.5. The molecule has 0 aromatic carbocycles. The Morgan fingerprint density at radius 1 is 0.710 bits per heavy atom. The zero-order valence-electron chi connectivity index (χ0n) is 22.0. The molecule has 0 saturated carbocycles. The summed E-state index contributed by atoms with van der Waals surface area (Å²) < 4.78 is 5.48. The molecular formula is C28H55NO2. The second-order valence-corrected chi connectivity index (χ2v) is 10.2. The molecule has 3 nitrogen and oxygen atoms in total. The summed E-state index contributed by atoms with van der Waals surface area (Å²) in [4.78, 5) is 12.3. The molecule has 0 saturated heterocycles. The number of hydrogen-bond acceptors (Lipinski definition) is 2. The number of amides is 1.